The van der Waals surface area contributed by atoms with Gasteiger partial charge in [0.25, 0.3) is 0 Å². The van der Waals surface area contributed by atoms with Gasteiger partial charge >= 0.3 is 29.5 Å². The third-order valence-corrected chi connectivity index (χ3v) is 13.0. The second-order valence-corrected chi connectivity index (χ2v) is 15.7. The Labute approximate surface area is 271 Å². The number of fused-ring (bicyclic) bond motifs is 7. The highest BCUT2D eigenvalue weighted by Gasteiger charge is 2.78. The van der Waals surface area contributed by atoms with Crippen molar-refractivity contribution >= 4 is 34.8 Å². The van der Waals surface area contributed by atoms with Crippen LogP contribution in [-0.4, -0.2) is 53.9 Å². The molecule has 0 spiro atoms. The first-order valence-corrected chi connectivity index (χ1v) is 16.0. The van der Waals surface area contributed by atoms with Crippen LogP contribution in [0.5, 0.6) is 11.5 Å². The fourth-order valence-electron chi connectivity index (χ4n) is 8.68. The van der Waals surface area contributed by atoms with Gasteiger partial charge in [-0.2, -0.15) is 0 Å². The molecule has 1 aromatic carbocycles. The van der Waals surface area contributed by atoms with Crippen LogP contribution in [0.25, 0.3) is 11.0 Å². The van der Waals surface area contributed by atoms with Crippen molar-refractivity contribution in [2.75, 3.05) is 7.11 Å². The summed E-state index contributed by atoms with van der Waals surface area (Å²) in [7, 11) is 1.34. The SMILES string of the molecule is COc1cc2ccc3c(c2oc1=O)[C@@H](OC(=O)C12CCC(C)(C(=O)O1)C2(C)C)[C@@H](OC(=O)C12CCC(C)(C(=O)O1)C2(C)C)C(C)(C)O3. The summed E-state index contributed by atoms with van der Waals surface area (Å²) in [4.78, 5) is 67.8. The van der Waals surface area contributed by atoms with Gasteiger partial charge in [-0.25, -0.2) is 14.4 Å². The molecule has 4 heterocycles. The second-order valence-electron chi connectivity index (χ2n) is 15.7. The summed E-state index contributed by atoms with van der Waals surface area (Å²) in [5.74, 6) is -2.39. The van der Waals surface area contributed by atoms with Crippen LogP contribution in [0.2, 0.25) is 0 Å². The van der Waals surface area contributed by atoms with Crippen molar-refractivity contribution in [2.45, 2.75) is 110 Å². The van der Waals surface area contributed by atoms with Gasteiger partial charge in [-0.1, -0.05) is 27.7 Å². The van der Waals surface area contributed by atoms with E-state index in [-0.39, 0.29) is 35.5 Å². The van der Waals surface area contributed by atoms with Crippen molar-refractivity contribution in [3.63, 3.8) is 0 Å². The van der Waals surface area contributed by atoms with Crippen LogP contribution in [0.1, 0.15) is 92.7 Å². The zero-order chi connectivity index (χ0) is 34.3. The maximum atomic E-state index is 14.5. The van der Waals surface area contributed by atoms with Gasteiger partial charge in [0, 0.05) is 16.2 Å². The average Bonchev–Trinajstić information content (AvgIpc) is 3.46. The van der Waals surface area contributed by atoms with Crippen LogP contribution < -0.4 is 15.1 Å². The first-order chi connectivity index (χ1) is 21.7. The van der Waals surface area contributed by atoms with Crippen molar-refractivity contribution in [1.29, 1.82) is 0 Å². The normalized spacial score (nSPS) is 36.7. The number of esters is 4. The number of carbonyl (C=O) groups is 4. The maximum Gasteiger partial charge on any atom is 0.379 e. The first kappa shape index (κ1) is 31.5. The third-order valence-electron chi connectivity index (χ3n) is 13.0. The number of hydrogen-bond donors (Lipinski definition) is 0. The highest BCUT2D eigenvalue weighted by molar-refractivity contribution is 5.95. The van der Waals surface area contributed by atoms with Crippen LogP contribution in [-0.2, 0) is 38.1 Å². The minimum absolute atomic E-state index is 0.0385. The fraction of sp³-hybridized carbons (Fsp3) is 0.629. The molecule has 47 heavy (non-hydrogen) atoms. The van der Waals surface area contributed by atoms with Gasteiger partial charge in [0.1, 0.15) is 16.9 Å². The Balaban J connectivity index is 1.37. The van der Waals surface area contributed by atoms with Gasteiger partial charge in [0.05, 0.1) is 23.5 Å². The van der Waals surface area contributed by atoms with E-state index in [2.05, 4.69) is 0 Å². The van der Waals surface area contributed by atoms with Gasteiger partial charge in [-0.05, 0) is 71.6 Å². The molecule has 4 unspecified atom stereocenters. The van der Waals surface area contributed by atoms with Crippen LogP contribution >= 0.6 is 0 Å². The molecule has 12 nitrogen and oxygen atoms in total. The van der Waals surface area contributed by atoms with E-state index in [1.165, 1.54) is 13.2 Å². The summed E-state index contributed by atoms with van der Waals surface area (Å²) in [5, 5.41) is 0.435. The molecule has 4 fully saturated rings. The van der Waals surface area contributed by atoms with Crippen molar-refractivity contribution in [3.8, 4) is 11.5 Å². The van der Waals surface area contributed by atoms with Crippen molar-refractivity contribution in [1.82, 2.24) is 0 Å². The fourth-order valence-corrected chi connectivity index (χ4v) is 8.68. The molecule has 0 amide bonds. The Morgan fingerprint density at radius 2 is 1.28 bits per heavy atom. The molecule has 5 aliphatic rings. The summed E-state index contributed by atoms with van der Waals surface area (Å²) in [6, 6.07) is 4.80. The van der Waals surface area contributed by atoms with Gasteiger partial charge in [0.15, 0.2) is 12.2 Å². The predicted molar refractivity (Wildman–Crippen MR) is 162 cm³/mol. The molecule has 2 saturated heterocycles. The van der Waals surface area contributed by atoms with Gasteiger partial charge in [-0.15, -0.1) is 0 Å². The Morgan fingerprint density at radius 1 is 0.745 bits per heavy atom. The summed E-state index contributed by atoms with van der Waals surface area (Å²) in [6.07, 6.45) is -1.39. The molecule has 7 rings (SSSR count). The largest absolute Gasteiger partial charge is 0.490 e. The molecule has 1 aromatic heterocycles. The quantitative estimate of drug-likeness (QED) is 0.250. The number of rotatable bonds is 5. The zero-order valence-electron chi connectivity index (χ0n) is 28.1. The summed E-state index contributed by atoms with van der Waals surface area (Å²) >= 11 is 0. The lowest BCUT2D eigenvalue weighted by molar-refractivity contribution is -0.217. The molecular formula is C35H40O12. The van der Waals surface area contributed by atoms with E-state index in [0.717, 1.165) is 0 Å². The lowest BCUT2D eigenvalue weighted by Gasteiger charge is -2.45. The van der Waals surface area contributed by atoms with E-state index < -0.39 is 80.2 Å². The number of benzene rings is 1. The number of hydrogen-bond acceptors (Lipinski definition) is 12. The Hall–Kier alpha value is -4.09. The standard InChI is InChI=1S/C35H40O12/c1-29(2)23(44-28(40)35-15-13-33(8,26(38)47-35)31(35,5)6)22(43-27(39)34-14-12-32(7,25(37)46-34)30(34,3)4)20-18(45-29)11-10-17-16-19(41-9)24(36)42-21(17)20/h10-11,16,22-23H,12-15H2,1-9H3/t22-,23-,32?,33?,34?,35?/m1/s1. The molecule has 2 aromatic rings. The molecular weight excluding hydrogens is 612 g/mol. The van der Waals surface area contributed by atoms with E-state index in [4.69, 9.17) is 32.8 Å². The topological polar surface area (TPSA) is 154 Å². The molecule has 0 radical (unpaired) electrons. The number of ether oxygens (including phenoxy) is 6. The highest BCUT2D eigenvalue weighted by Crippen LogP contribution is 2.67. The molecule has 6 atom stereocenters. The van der Waals surface area contributed by atoms with E-state index in [0.29, 0.717) is 18.2 Å². The van der Waals surface area contributed by atoms with E-state index >= 15 is 0 Å². The van der Waals surface area contributed by atoms with Crippen molar-refractivity contribution < 1.29 is 52.0 Å². The summed E-state index contributed by atoms with van der Waals surface area (Å²) < 4.78 is 41.6. The Kier molecular flexibility index (Phi) is 6.08. The van der Waals surface area contributed by atoms with Crippen LogP contribution in [0, 0.1) is 21.7 Å². The number of methoxy groups -OCH3 is 1. The Morgan fingerprint density at radius 3 is 1.74 bits per heavy atom. The van der Waals surface area contributed by atoms with Gasteiger partial charge < -0.3 is 32.8 Å². The molecule has 0 N–H and O–H groups in total. The van der Waals surface area contributed by atoms with Crippen LogP contribution in [0.15, 0.2) is 27.4 Å². The van der Waals surface area contributed by atoms with Crippen LogP contribution in [0.4, 0.5) is 0 Å². The van der Waals surface area contributed by atoms with Gasteiger partial charge in [-0.3, -0.25) is 9.59 Å². The van der Waals surface area contributed by atoms with E-state index in [1.54, 1.807) is 53.7 Å². The Bertz CT molecular complexity index is 1850. The lowest BCUT2D eigenvalue weighted by Crippen LogP contribution is -2.57. The van der Waals surface area contributed by atoms with Crippen molar-refractivity contribution in [2.24, 2.45) is 21.7 Å². The molecule has 3 aliphatic heterocycles. The van der Waals surface area contributed by atoms with Crippen molar-refractivity contribution in [3.05, 3.63) is 34.2 Å². The number of carbonyl (C=O) groups excluding carboxylic acids is 4. The maximum absolute atomic E-state index is 14.5. The summed E-state index contributed by atoms with van der Waals surface area (Å²) in [5.41, 5.74) is -8.75. The highest BCUT2D eigenvalue weighted by atomic mass is 16.7. The minimum atomic E-state index is -1.61. The summed E-state index contributed by atoms with van der Waals surface area (Å²) in [6.45, 7) is 14.1. The second kappa shape index (κ2) is 9.08. The first-order valence-electron chi connectivity index (χ1n) is 16.0. The minimum Gasteiger partial charge on any atom is -0.490 e. The zero-order valence-corrected chi connectivity index (χ0v) is 28.1. The molecule has 2 aliphatic carbocycles. The molecule has 252 valence electrons. The molecule has 12 heteroatoms. The van der Waals surface area contributed by atoms with E-state index in [9.17, 15) is 24.0 Å². The van der Waals surface area contributed by atoms with Crippen LogP contribution in [0.3, 0.4) is 0 Å². The average molecular weight is 653 g/mol. The lowest BCUT2D eigenvalue weighted by atomic mass is 9.66. The van der Waals surface area contributed by atoms with E-state index in [1.807, 2.05) is 13.8 Å². The van der Waals surface area contributed by atoms with Gasteiger partial charge in [0.2, 0.25) is 17.0 Å². The molecule has 2 saturated carbocycles. The predicted octanol–water partition coefficient (Wildman–Crippen LogP) is 4.71. The monoisotopic (exact) mass is 652 g/mol. The smallest absolute Gasteiger partial charge is 0.379 e. The third kappa shape index (κ3) is 3.51. The molecule has 4 bridgehead atoms.